The molecule has 2 aromatic rings. The number of hydrogen-bond acceptors (Lipinski definition) is 4. The van der Waals surface area contributed by atoms with Crippen LogP contribution in [0.1, 0.15) is 22.0 Å². The van der Waals surface area contributed by atoms with Gasteiger partial charge in [0.05, 0.1) is 20.3 Å². The number of nitrogens with one attached hydrogen (secondary N) is 1. The third kappa shape index (κ3) is 3.21. The molecule has 1 saturated heterocycles. The molecule has 5 nitrogen and oxygen atoms in total. The Morgan fingerprint density at radius 3 is 2.54 bits per heavy atom. The lowest BCUT2D eigenvalue weighted by molar-refractivity contribution is 0.0634. The monoisotopic (exact) mass is 326 g/mol. The van der Waals surface area contributed by atoms with Crippen molar-refractivity contribution in [3.05, 3.63) is 59.7 Å². The Morgan fingerprint density at radius 1 is 1.08 bits per heavy atom. The normalized spacial score (nSPS) is 17.4. The van der Waals surface area contributed by atoms with Gasteiger partial charge in [0.1, 0.15) is 0 Å². The predicted octanol–water partition coefficient (Wildman–Crippen LogP) is 2.49. The minimum absolute atomic E-state index is 0.00584. The van der Waals surface area contributed by atoms with Gasteiger partial charge < -0.3 is 19.7 Å². The molecule has 1 aliphatic heterocycles. The van der Waals surface area contributed by atoms with Crippen molar-refractivity contribution in [3.8, 4) is 11.5 Å². The Hall–Kier alpha value is -2.53. The number of methoxy groups -OCH3 is 2. The topological polar surface area (TPSA) is 50.8 Å². The number of nitrogens with zero attached hydrogens (tertiary/aromatic N) is 1. The maximum absolute atomic E-state index is 13.1. The van der Waals surface area contributed by atoms with E-state index in [1.165, 1.54) is 0 Å². The molecule has 1 atom stereocenters. The van der Waals surface area contributed by atoms with Gasteiger partial charge in [-0.15, -0.1) is 0 Å². The van der Waals surface area contributed by atoms with Crippen LogP contribution in [-0.4, -0.2) is 44.7 Å². The van der Waals surface area contributed by atoms with Crippen LogP contribution in [0.4, 0.5) is 0 Å². The molecule has 126 valence electrons. The first kappa shape index (κ1) is 16.3. The molecular formula is C19H22N2O3. The van der Waals surface area contributed by atoms with Crippen LogP contribution in [0, 0.1) is 0 Å². The SMILES string of the molecule is COc1ccc(C(=O)N2CCNCC2c2ccccc2)cc1OC. The smallest absolute Gasteiger partial charge is 0.254 e. The molecule has 1 heterocycles. The molecule has 3 rings (SSSR count). The molecule has 1 aliphatic rings. The third-order valence-electron chi connectivity index (χ3n) is 4.32. The van der Waals surface area contributed by atoms with E-state index in [0.29, 0.717) is 23.6 Å². The largest absolute Gasteiger partial charge is 0.493 e. The summed E-state index contributed by atoms with van der Waals surface area (Å²) >= 11 is 0. The van der Waals surface area contributed by atoms with Gasteiger partial charge in [0.2, 0.25) is 0 Å². The quantitative estimate of drug-likeness (QED) is 0.938. The van der Waals surface area contributed by atoms with E-state index in [2.05, 4.69) is 17.4 Å². The van der Waals surface area contributed by atoms with Crippen LogP contribution in [-0.2, 0) is 0 Å². The van der Waals surface area contributed by atoms with Gasteiger partial charge in [-0.3, -0.25) is 4.79 Å². The van der Waals surface area contributed by atoms with Crippen LogP contribution in [0.2, 0.25) is 0 Å². The van der Waals surface area contributed by atoms with Gasteiger partial charge in [0, 0.05) is 25.2 Å². The van der Waals surface area contributed by atoms with E-state index in [4.69, 9.17) is 9.47 Å². The van der Waals surface area contributed by atoms with E-state index in [1.807, 2.05) is 23.1 Å². The Bertz CT molecular complexity index is 703. The fraction of sp³-hybridized carbons (Fsp3) is 0.316. The second-order valence-electron chi connectivity index (χ2n) is 5.70. The molecule has 0 aliphatic carbocycles. The average Bonchev–Trinajstić information content (AvgIpc) is 2.67. The van der Waals surface area contributed by atoms with Crippen LogP contribution in [0.25, 0.3) is 0 Å². The molecule has 5 heteroatoms. The highest BCUT2D eigenvalue weighted by Crippen LogP contribution is 2.30. The average molecular weight is 326 g/mol. The molecule has 1 fully saturated rings. The summed E-state index contributed by atoms with van der Waals surface area (Å²) in [4.78, 5) is 15.0. The summed E-state index contributed by atoms with van der Waals surface area (Å²) in [6, 6.07) is 15.4. The number of carbonyl (C=O) groups is 1. The maximum Gasteiger partial charge on any atom is 0.254 e. The van der Waals surface area contributed by atoms with Gasteiger partial charge in [-0.1, -0.05) is 30.3 Å². The summed E-state index contributed by atoms with van der Waals surface area (Å²) < 4.78 is 10.6. The van der Waals surface area contributed by atoms with Crippen LogP contribution in [0.15, 0.2) is 48.5 Å². The maximum atomic E-state index is 13.1. The molecule has 2 aromatic carbocycles. The lowest BCUT2D eigenvalue weighted by atomic mass is 10.0. The molecule has 1 N–H and O–H groups in total. The zero-order valence-electron chi connectivity index (χ0n) is 14.0. The van der Waals surface area contributed by atoms with E-state index in [9.17, 15) is 4.79 Å². The Morgan fingerprint density at radius 2 is 1.83 bits per heavy atom. The van der Waals surface area contributed by atoms with Crippen molar-refractivity contribution in [1.29, 1.82) is 0 Å². The molecule has 0 bridgehead atoms. The molecule has 0 spiro atoms. The second-order valence-corrected chi connectivity index (χ2v) is 5.70. The molecule has 0 radical (unpaired) electrons. The van der Waals surface area contributed by atoms with Crippen LogP contribution >= 0.6 is 0 Å². The molecule has 24 heavy (non-hydrogen) atoms. The van der Waals surface area contributed by atoms with E-state index in [-0.39, 0.29) is 11.9 Å². The predicted molar refractivity (Wildman–Crippen MR) is 92.6 cm³/mol. The first-order valence-electron chi connectivity index (χ1n) is 8.03. The number of benzene rings is 2. The zero-order valence-corrected chi connectivity index (χ0v) is 14.0. The first-order chi connectivity index (χ1) is 11.7. The van der Waals surface area contributed by atoms with Crippen LogP contribution in [0.3, 0.4) is 0 Å². The fourth-order valence-electron chi connectivity index (χ4n) is 3.06. The van der Waals surface area contributed by atoms with Gasteiger partial charge in [-0.05, 0) is 23.8 Å². The molecular weight excluding hydrogens is 304 g/mol. The van der Waals surface area contributed by atoms with Gasteiger partial charge in [-0.2, -0.15) is 0 Å². The summed E-state index contributed by atoms with van der Waals surface area (Å²) in [5.74, 6) is 1.19. The number of piperazine rings is 1. The zero-order chi connectivity index (χ0) is 16.9. The van der Waals surface area contributed by atoms with Crippen molar-refractivity contribution in [3.63, 3.8) is 0 Å². The highest BCUT2D eigenvalue weighted by atomic mass is 16.5. The van der Waals surface area contributed by atoms with Crippen molar-refractivity contribution in [2.75, 3.05) is 33.9 Å². The third-order valence-corrected chi connectivity index (χ3v) is 4.32. The number of ether oxygens (including phenoxy) is 2. The van der Waals surface area contributed by atoms with Gasteiger partial charge in [0.25, 0.3) is 5.91 Å². The van der Waals surface area contributed by atoms with E-state index in [1.54, 1.807) is 32.4 Å². The highest BCUT2D eigenvalue weighted by molar-refractivity contribution is 5.95. The summed E-state index contributed by atoms with van der Waals surface area (Å²) in [7, 11) is 3.16. The van der Waals surface area contributed by atoms with E-state index >= 15 is 0 Å². The van der Waals surface area contributed by atoms with Crippen molar-refractivity contribution >= 4 is 5.91 Å². The number of hydrogen-bond donors (Lipinski definition) is 1. The van der Waals surface area contributed by atoms with Crippen LogP contribution in [0.5, 0.6) is 11.5 Å². The lowest BCUT2D eigenvalue weighted by Crippen LogP contribution is -2.48. The fourth-order valence-corrected chi connectivity index (χ4v) is 3.06. The highest BCUT2D eigenvalue weighted by Gasteiger charge is 2.28. The molecule has 0 saturated carbocycles. The van der Waals surface area contributed by atoms with Crippen molar-refractivity contribution in [1.82, 2.24) is 10.2 Å². The molecule has 1 unspecified atom stereocenters. The Balaban J connectivity index is 1.89. The Labute approximate surface area is 142 Å². The summed E-state index contributed by atoms with van der Waals surface area (Å²) in [5, 5.41) is 3.37. The second kappa shape index (κ2) is 7.36. The first-order valence-corrected chi connectivity index (χ1v) is 8.03. The van der Waals surface area contributed by atoms with Gasteiger partial charge >= 0.3 is 0 Å². The number of amides is 1. The summed E-state index contributed by atoms with van der Waals surface area (Å²) in [6.07, 6.45) is 0. The lowest BCUT2D eigenvalue weighted by Gasteiger charge is -2.36. The molecule has 0 aromatic heterocycles. The number of rotatable bonds is 4. The van der Waals surface area contributed by atoms with Crippen molar-refractivity contribution < 1.29 is 14.3 Å². The van der Waals surface area contributed by atoms with E-state index < -0.39 is 0 Å². The minimum Gasteiger partial charge on any atom is -0.493 e. The minimum atomic E-state index is 0.00584. The van der Waals surface area contributed by atoms with Crippen molar-refractivity contribution in [2.45, 2.75) is 6.04 Å². The van der Waals surface area contributed by atoms with Crippen LogP contribution < -0.4 is 14.8 Å². The Kier molecular flexibility index (Phi) is 5.01. The molecule has 1 amide bonds. The van der Waals surface area contributed by atoms with Gasteiger partial charge in [-0.25, -0.2) is 0 Å². The number of carbonyl (C=O) groups excluding carboxylic acids is 1. The van der Waals surface area contributed by atoms with Gasteiger partial charge in [0.15, 0.2) is 11.5 Å². The van der Waals surface area contributed by atoms with E-state index in [0.717, 1.165) is 18.7 Å². The summed E-state index contributed by atoms with van der Waals surface area (Å²) in [5.41, 5.74) is 1.74. The standard InChI is InChI=1S/C19H22N2O3/c1-23-17-9-8-15(12-18(17)24-2)19(22)21-11-10-20-13-16(21)14-6-4-3-5-7-14/h3-9,12,16,20H,10-11,13H2,1-2H3. The van der Waals surface area contributed by atoms with Crippen molar-refractivity contribution in [2.24, 2.45) is 0 Å². The summed E-state index contributed by atoms with van der Waals surface area (Å²) in [6.45, 7) is 2.22.